The molecule has 3 rings (SSSR count). The van der Waals surface area contributed by atoms with Gasteiger partial charge in [0, 0.05) is 24.8 Å². The molecule has 0 unspecified atom stereocenters. The molecule has 0 spiro atoms. The van der Waals surface area contributed by atoms with Crippen LogP contribution in [0.5, 0.6) is 0 Å². The van der Waals surface area contributed by atoms with E-state index in [1.807, 2.05) is 0 Å². The largest absolute Gasteiger partial charge is 0.346 e. The Hall–Kier alpha value is -1.96. The molecule has 7 nitrogen and oxygen atoms in total. The number of carbonyl (C=O) groups is 1. The van der Waals surface area contributed by atoms with Crippen molar-refractivity contribution in [1.82, 2.24) is 19.7 Å². The number of amides is 1. The summed E-state index contributed by atoms with van der Waals surface area (Å²) in [5.41, 5.74) is 0.656. The molecule has 0 atom stereocenters. The van der Waals surface area contributed by atoms with Crippen molar-refractivity contribution in [2.75, 3.05) is 11.5 Å². The summed E-state index contributed by atoms with van der Waals surface area (Å²) in [6.45, 7) is 0. The molecule has 0 saturated carbocycles. The highest BCUT2D eigenvalue weighted by molar-refractivity contribution is 7.92. The normalized spacial score (nSPS) is 18.4. The van der Waals surface area contributed by atoms with Crippen LogP contribution >= 0.6 is 0 Å². The first kappa shape index (κ1) is 11.1. The first-order valence-electron chi connectivity index (χ1n) is 5.34. The Kier molecular flexibility index (Phi) is 2.34. The number of aromatic nitrogens is 3. The van der Waals surface area contributed by atoms with Crippen molar-refractivity contribution >= 4 is 21.4 Å². The van der Waals surface area contributed by atoms with Gasteiger partial charge in [-0.05, 0) is 0 Å². The van der Waals surface area contributed by atoms with Crippen LogP contribution in [0, 0.1) is 0 Å². The number of hydrogen-bond acceptors (Lipinski definition) is 5. The SMILES string of the molecule is O=C(NC1CS(=O)(=O)C1)c1nccn2ccnc12. The highest BCUT2D eigenvalue weighted by Gasteiger charge is 2.35. The molecule has 8 heteroatoms. The van der Waals surface area contributed by atoms with Crippen LogP contribution in [0.15, 0.2) is 24.8 Å². The average molecular weight is 266 g/mol. The minimum atomic E-state index is -2.95. The zero-order chi connectivity index (χ0) is 12.8. The second-order valence-corrected chi connectivity index (χ2v) is 6.34. The van der Waals surface area contributed by atoms with Gasteiger partial charge < -0.3 is 9.72 Å². The molecular weight excluding hydrogens is 256 g/mol. The molecule has 0 bridgehead atoms. The van der Waals surface area contributed by atoms with Gasteiger partial charge in [-0.3, -0.25) is 4.79 Å². The predicted octanol–water partition coefficient (Wildman–Crippen LogP) is -0.744. The van der Waals surface area contributed by atoms with Gasteiger partial charge in [0.1, 0.15) is 0 Å². The Labute approximate surface area is 103 Å². The molecule has 1 N–H and O–H groups in total. The third kappa shape index (κ3) is 1.84. The van der Waals surface area contributed by atoms with Crippen LogP contribution in [-0.4, -0.2) is 46.2 Å². The number of nitrogens with one attached hydrogen (secondary N) is 1. The molecule has 1 fully saturated rings. The van der Waals surface area contributed by atoms with Gasteiger partial charge in [-0.1, -0.05) is 0 Å². The number of sulfone groups is 1. The Morgan fingerprint density at radius 2 is 1.94 bits per heavy atom. The molecule has 1 aliphatic rings. The molecule has 0 aliphatic carbocycles. The van der Waals surface area contributed by atoms with E-state index in [4.69, 9.17) is 0 Å². The van der Waals surface area contributed by atoms with E-state index in [1.54, 1.807) is 23.0 Å². The summed E-state index contributed by atoms with van der Waals surface area (Å²) in [7, 11) is -2.95. The summed E-state index contributed by atoms with van der Waals surface area (Å²) in [6.07, 6.45) is 6.47. The van der Waals surface area contributed by atoms with E-state index in [9.17, 15) is 13.2 Å². The third-order valence-corrected chi connectivity index (χ3v) is 4.59. The van der Waals surface area contributed by atoms with Gasteiger partial charge in [-0.15, -0.1) is 0 Å². The Balaban J connectivity index is 1.82. The Morgan fingerprint density at radius 1 is 1.28 bits per heavy atom. The fourth-order valence-electron chi connectivity index (χ4n) is 1.92. The smallest absolute Gasteiger partial charge is 0.274 e. The quantitative estimate of drug-likeness (QED) is 0.772. The van der Waals surface area contributed by atoms with Gasteiger partial charge in [0.05, 0.1) is 17.5 Å². The highest BCUT2D eigenvalue weighted by Crippen LogP contribution is 2.12. The van der Waals surface area contributed by atoms with Crippen molar-refractivity contribution in [3.63, 3.8) is 0 Å². The topological polar surface area (TPSA) is 93.4 Å². The summed E-state index contributed by atoms with van der Waals surface area (Å²) in [6, 6.07) is -0.320. The molecule has 0 radical (unpaired) electrons. The second-order valence-electron chi connectivity index (χ2n) is 4.18. The van der Waals surface area contributed by atoms with Gasteiger partial charge in [-0.2, -0.15) is 0 Å². The fourth-order valence-corrected chi connectivity index (χ4v) is 3.21. The summed E-state index contributed by atoms with van der Waals surface area (Å²) in [4.78, 5) is 20.0. The van der Waals surface area contributed by atoms with Crippen molar-refractivity contribution in [1.29, 1.82) is 0 Å². The summed E-state index contributed by atoms with van der Waals surface area (Å²) in [5.74, 6) is -0.404. The molecule has 3 heterocycles. The van der Waals surface area contributed by atoms with Crippen LogP contribution < -0.4 is 5.32 Å². The number of fused-ring (bicyclic) bond motifs is 1. The van der Waals surface area contributed by atoms with E-state index < -0.39 is 15.7 Å². The molecule has 1 aliphatic heterocycles. The lowest BCUT2D eigenvalue weighted by molar-refractivity contribution is 0.0938. The van der Waals surface area contributed by atoms with Gasteiger partial charge >= 0.3 is 0 Å². The minimum absolute atomic E-state index is 0.00367. The number of nitrogens with zero attached hydrogens (tertiary/aromatic N) is 3. The van der Waals surface area contributed by atoms with Gasteiger partial charge in [0.25, 0.3) is 5.91 Å². The maximum atomic E-state index is 11.9. The Morgan fingerprint density at radius 3 is 2.61 bits per heavy atom. The van der Waals surface area contributed by atoms with Crippen molar-refractivity contribution < 1.29 is 13.2 Å². The monoisotopic (exact) mass is 266 g/mol. The minimum Gasteiger partial charge on any atom is -0.346 e. The second kappa shape index (κ2) is 3.77. The van der Waals surface area contributed by atoms with Crippen LogP contribution in [0.3, 0.4) is 0 Å². The summed E-state index contributed by atoms with van der Waals surface area (Å²) < 4.78 is 23.7. The van der Waals surface area contributed by atoms with Gasteiger partial charge in [-0.25, -0.2) is 18.4 Å². The predicted molar refractivity (Wildman–Crippen MR) is 62.9 cm³/mol. The lowest BCUT2D eigenvalue weighted by Gasteiger charge is -2.26. The number of rotatable bonds is 2. The van der Waals surface area contributed by atoms with Crippen molar-refractivity contribution in [3.05, 3.63) is 30.5 Å². The van der Waals surface area contributed by atoms with E-state index in [0.717, 1.165) is 0 Å². The van der Waals surface area contributed by atoms with Crippen LogP contribution in [0.25, 0.3) is 5.65 Å². The first-order chi connectivity index (χ1) is 8.55. The van der Waals surface area contributed by atoms with Crippen LogP contribution in [0.4, 0.5) is 0 Å². The molecule has 94 valence electrons. The standard InChI is InChI=1S/C10H10N4O3S/c15-10(13-7-5-18(16,17)6-7)8-9-12-2-4-14(9)3-1-11-8/h1-4,7H,5-6H2,(H,13,15). The van der Waals surface area contributed by atoms with Crippen molar-refractivity contribution in [3.8, 4) is 0 Å². The van der Waals surface area contributed by atoms with E-state index in [0.29, 0.717) is 5.65 Å². The molecule has 18 heavy (non-hydrogen) atoms. The fraction of sp³-hybridized carbons (Fsp3) is 0.300. The van der Waals surface area contributed by atoms with Crippen LogP contribution in [0.1, 0.15) is 10.5 Å². The molecule has 1 amide bonds. The molecule has 2 aromatic rings. The maximum Gasteiger partial charge on any atom is 0.274 e. The number of hydrogen-bond donors (Lipinski definition) is 1. The lowest BCUT2D eigenvalue weighted by Crippen LogP contribution is -2.53. The van der Waals surface area contributed by atoms with Gasteiger partial charge in [0.15, 0.2) is 21.2 Å². The summed E-state index contributed by atoms with van der Waals surface area (Å²) >= 11 is 0. The average Bonchev–Trinajstić information content (AvgIpc) is 2.73. The number of imidazole rings is 1. The van der Waals surface area contributed by atoms with Crippen molar-refractivity contribution in [2.24, 2.45) is 0 Å². The summed E-state index contributed by atoms with van der Waals surface area (Å²) in [5, 5.41) is 2.64. The maximum absolute atomic E-state index is 11.9. The van der Waals surface area contributed by atoms with E-state index >= 15 is 0 Å². The zero-order valence-corrected chi connectivity index (χ0v) is 10.1. The first-order valence-corrected chi connectivity index (χ1v) is 7.16. The van der Waals surface area contributed by atoms with E-state index in [2.05, 4.69) is 15.3 Å². The van der Waals surface area contributed by atoms with E-state index in [-0.39, 0.29) is 23.2 Å². The van der Waals surface area contributed by atoms with E-state index in [1.165, 1.54) is 6.20 Å². The molecule has 0 aromatic carbocycles. The molecule has 2 aromatic heterocycles. The molecular formula is C10H10N4O3S. The van der Waals surface area contributed by atoms with Crippen LogP contribution in [-0.2, 0) is 9.84 Å². The molecule has 1 saturated heterocycles. The number of carbonyl (C=O) groups excluding carboxylic acids is 1. The zero-order valence-electron chi connectivity index (χ0n) is 9.28. The van der Waals surface area contributed by atoms with Gasteiger partial charge in [0.2, 0.25) is 0 Å². The van der Waals surface area contributed by atoms with Crippen molar-refractivity contribution in [2.45, 2.75) is 6.04 Å². The lowest BCUT2D eigenvalue weighted by atomic mass is 10.3. The van der Waals surface area contributed by atoms with Crippen LogP contribution in [0.2, 0.25) is 0 Å². The Bertz CT molecular complexity index is 710. The third-order valence-electron chi connectivity index (χ3n) is 2.77. The highest BCUT2D eigenvalue weighted by atomic mass is 32.2.